The largest absolute Gasteiger partial charge is 0.365 e. The third kappa shape index (κ3) is 2.21. The molecule has 0 aromatic carbocycles. The molecular formula is C12H16N4. The Morgan fingerprint density at radius 1 is 1.50 bits per heavy atom. The number of hydrogen-bond donors (Lipinski definition) is 1. The molecule has 0 saturated heterocycles. The molecule has 16 heavy (non-hydrogen) atoms. The Morgan fingerprint density at radius 2 is 2.31 bits per heavy atom. The summed E-state index contributed by atoms with van der Waals surface area (Å²) in [6.45, 7) is 6.93. The summed E-state index contributed by atoms with van der Waals surface area (Å²) in [4.78, 5) is 4.32. The third-order valence-corrected chi connectivity index (χ3v) is 2.29. The van der Waals surface area contributed by atoms with Gasteiger partial charge in [-0.3, -0.25) is 0 Å². The van der Waals surface area contributed by atoms with Gasteiger partial charge in [-0.25, -0.2) is 9.50 Å². The van der Waals surface area contributed by atoms with Crippen molar-refractivity contribution < 1.29 is 0 Å². The quantitative estimate of drug-likeness (QED) is 0.801. The van der Waals surface area contributed by atoms with E-state index in [0.29, 0.717) is 0 Å². The number of anilines is 1. The number of nitrogens with zero attached hydrogens (tertiary/aromatic N) is 3. The molecule has 4 nitrogen and oxygen atoms in total. The maximum Gasteiger partial charge on any atom is 0.152 e. The highest BCUT2D eigenvalue weighted by Gasteiger charge is 2.03. The number of rotatable bonds is 3. The van der Waals surface area contributed by atoms with Crippen LogP contribution in [0.5, 0.6) is 0 Å². The van der Waals surface area contributed by atoms with Crippen LogP contribution in [0.15, 0.2) is 30.1 Å². The molecule has 2 aromatic rings. The zero-order chi connectivity index (χ0) is 11.5. The fourth-order valence-corrected chi connectivity index (χ4v) is 1.53. The van der Waals surface area contributed by atoms with Gasteiger partial charge in [-0.15, -0.1) is 0 Å². The van der Waals surface area contributed by atoms with Crippen LogP contribution >= 0.6 is 0 Å². The predicted octanol–water partition coefficient (Wildman–Crippen LogP) is 2.42. The fourth-order valence-electron chi connectivity index (χ4n) is 1.53. The van der Waals surface area contributed by atoms with Gasteiger partial charge in [-0.05, 0) is 26.8 Å². The average Bonchev–Trinajstić information content (AvgIpc) is 2.58. The van der Waals surface area contributed by atoms with Crippen LogP contribution in [-0.2, 0) is 0 Å². The molecule has 4 heteroatoms. The number of fused-ring (bicyclic) bond motifs is 1. The van der Waals surface area contributed by atoms with Crippen LogP contribution in [0.25, 0.3) is 5.52 Å². The molecule has 0 radical (unpaired) electrons. The van der Waals surface area contributed by atoms with Crippen molar-refractivity contribution in [1.29, 1.82) is 0 Å². The van der Waals surface area contributed by atoms with Crippen molar-refractivity contribution in [3.8, 4) is 0 Å². The lowest BCUT2D eigenvalue weighted by Gasteiger charge is -2.04. The molecule has 0 aliphatic heterocycles. The highest BCUT2D eigenvalue weighted by atomic mass is 15.2. The van der Waals surface area contributed by atoms with Crippen LogP contribution in [0.1, 0.15) is 19.5 Å². The van der Waals surface area contributed by atoms with Crippen LogP contribution in [0, 0.1) is 6.92 Å². The Labute approximate surface area is 95.0 Å². The Balaban J connectivity index is 2.26. The van der Waals surface area contributed by atoms with Crippen molar-refractivity contribution in [2.75, 3.05) is 11.9 Å². The second-order valence-corrected chi connectivity index (χ2v) is 4.05. The van der Waals surface area contributed by atoms with E-state index in [0.717, 1.165) is 23.6 Å². The minimum atomic E-state index is 0.791. The van der Waals surface area contributed by atoms with Gasteiger partial charge < -0.3 is 5.32 Å². The summed E-state index contributed by atoms with van der Waals surface area (Å²) in [6.07, 6.45) is 5.74. The highest BCUT2D eigenvalue weighted by molar-refractivity contribution is 5.67. The topological polar surface area (TPSA) is 42.2 Å². The van der Waals surface area contributed by atoms with E-state index in [1.807, 2.05) is 23.7 Å². The molecule has 0 fully saturated rings. The van der Waals surface area contributed by atoms with E-state index < -0.39 is 0 Å². The van der Waals surface area contributed by atoms with Crippen molar-refractivity contribution in [2.45, 2.75) is 20.8 Å². The van der Waals surface area contributed by atoms with Gasteiger partial charge in [0.25, 0.3) is 0 Å². The van der Waals surface area contributed by atoms with Gasteiger partial charge in [0.2, 0.25) is 0 Å². The molecule has 0 atom stereocenters. The number of hydrogen-bond acceptors (Lipinski definition) is 3. The summed E-state index contributed by atoms with van der Waals surface area (Å²) in [6, 6.07) is 2.03. The molecular weight excluding hydrogens is 200 g/mol. The van der Waals surface area contributed by atoms with E-state index in [2.05, 4.69) is 35.3 Å². The first-order valence-electron chi connectivity index (χ1n) is 5.35. The molecule has 0 bridgehead atoms. The number of nitrogens with one attached hydrogen (secondary N) is 1. The van der Waals surface area contributed by atoms with Crippen molar-refractivity contribution in [1.82, 2.24) is 14.6 Å². The molecule has 2 aromatic heterocycles. The van der Waals surface area contributed by atoms with Crippen LogP contribution in [0.2, 0.25) is 0 Å². The maximum atomic E-state index is 4.34. The lowest BCUT2D eigenvalue weighted by atomic mass is 10.3. The number of allylic oxidation sites excluding steroid dienone is 1. The molecule has 2 rings (SSSR count). The summed E-state index contributed by atoms with van der Waals surface area (Å²) >= 11 is 0. The van der Waals surface area contributed by atoms with Crippen molar-refractivity contribution in [3.63, 3.8) is 0 Å². The first-order valence-corrected chi connectivity index (χ1v) is 5.35. The van der Waals surface area contributed by atoms with Gasteiger partial charge in [0.1, 0.15) is 5.52 Å². The van der Waals surface area contributed by atoms with Crippen LogP contribution in [0.4, 0.5) is 5.82 Å². The monoisotopic (exact) mass is 216 g/mol. The van der Waals surface area contributed by atoms with Gasteiger partial charge in [0.15, 0.2) is 5.82 Å². The van der Waals surface area contributed by atoms with Crippen molar-refractivity contribution in [3.05, 3.63) is 35.8 Å². The third-order valence-electron chi connectivity index (χ3n) is 2.29. The lowest BCUT2D eigenvalue weighted by Crippen LogP contribution is -2.03. The minimum Gasteiger partial charge on any atom is -0.365 e. The van der Waals surface area contributed by atoms with Crippen molar-refractivity contribution in [2.24, 2.45) is 0 Å². The Kier molecular flexibility index (Phi) is 2.90. The van der Waals surface area contributed by atoms with Crippen LogP contribution in [-0.4, -0.2) is 21.1 Å². The summed E-state index contributed by atoms with van der Waals surface area (Å²) in [7, 11) is 0. The molecule has 2 heterocycles. The van der Waals surface area contributed by atoms with Crippen molar-refractivity contribution >= 4 is 11.3 Å². The smallest absolute Gasteiger partial charge is 0.152 e. The zero-order valence-electron chi connectivity index (χ0n) is 9.86. The van der Waals surface area contributed by atoms with E-state index in [1.54, 1.807) is 6.20 Å². The normalized spacial score (nSPS) is 10.4. The summed E-state index contributed by atoms with van der Waals surface area (Å²) in [5.74, 6) is 0.876. The summed E-state index contributed by atoms with van der Waals surface area (Å²) in [5, 5.41) is 7.62. The second-order valence-electron chi connectivity index (χ2n) is 4.05. The average molecular weight is 216 g/mol. The first kappa shape index (κ1) is 10.7. The molecule has 1 N–H and O–H groups in total. The summed E-state index contributed by atoms with van der Waals surface area (Å²) < 4.78 is 1.84. The SMILES string of the molecule is CC(C)=CCNc1nccn2nc(C)cc12. The Morgan fingerprint density at radius 3 is 3.06 bits per heavy atom. The molecule has 0 unspecified atom stereocenters. The first-order chi connectivity index (χ1) is 7.66. The zero-order valence-corrected chi connectivity index (χ0v) is 9.86. The van der Waals surface area contributed by atoms with E-state index >= 15 is 0 Å². The Hall–Kier alpha value is -1.84. The number of aromatic nitrogens is 3. The molecule has 0 aliphatic carbocycles. The lowest BCUT2D eigenvalue weighted by molar-refractivity contribution is 0.922. The van der Waals surface area contributed by atoms with Crippen LogP contribution < -0.4 is 5.32 Å². The van der Waals surface area contributed by atoms with Gasteiger partial charge >= 0.3 is 0 Å². The highest BCUT2D eigenvalue weighted by Crippen LogP contribution is 2.14. The van der Waals surface area contributed by atoms with Crippen LogP contribution in [0.3, 0.4) is 0 Å². The fraction of sp³-hybridized carbons (Fsp3) is 0.333. The van der Waals surface area contributed by atoms with E-state index in [-0.39, 0.29) is 0 Å². The molecule has 0 spiro atoms. The Bertz CT molecular complexity index is 521. The van der Waals surface area contributed by atoms with E-state index in [4.69, 9.17) is 0 Å². The molecule has 84 valence electrons. The van der Waals surface area contributed by atoms with Gasteiger partial charge in [0.05, 0.1) is 5.69 Å². The van der Waals surface area contributed by atoms with Gasteiger partial charge in [-0.1, -0.05) is 11.6 Å². The molecule has 0 saturated carbocycles. The van der Waals surface area contributed by atoms with E-state index in [1.165, 1.54) is 5.57 Å². The van der Waals surface area contributed by atoms with Gasteiger partial charge in [-0.2, -0.15) is 5.10 Å². The predicted molar refractivity (Wildman–Crippen MR) is 65.6 cm³/mol. The molecule has 0 amide bonds. The van der Waals surface area contributed by atoms with E-state index in [9.17, 15) is 0 Å². The van der Waals surface area contributed by atoms with Gasteiger partial charge in [0, 0.05) is 18.9 Å². The summed E-state index contributed by atoms with van der Waals surface area (Å²) in [5.41, 5.74) is 3.31. The number of aryl methyl sites for hydroxylation is 1. The maximum absolute atomic E-state index is 4.34. The second kappa shape index (κ2) is 4.35. The molecule has 0 aliphatic rings. The standard InChI is InChI=1S/C12H16N4/c1-9(2)4-5-13-12-11-8-10(3)15-16(11)7-6-14-12/h4,6-8H,5H2,1-3H3,(H,13,14). The minimum absolute atomic E-state index is 0.791.